The summed E-state index contributed by atoms with van der Waals surface area (Å²) in [5.41, 5.74) is 0.280. The first-order valence-corrected chi connectivity index (χ1v) is 9.07. The van der Waals surface area contributed by atoms with Crippen molar-refractivity contribution in [2.45, 2.75) is 13.5 Å². The summed E-state index contributed by atoms with van der Waals surface area (Å²) in [6, 6.07) is 8.35. The van der Waals surface area contributed by atoms with Crippen LogP contribution in [0.3, 0.4) is 0 Å². The van der Waals surface area contributed by atoms with Crippen LogP contribution >= 0.6 is 11.8 Å². The van der Waals surface area contributed by atoms with Crippen LogP contribution in [0.2, 0.25) is 0 Å². The molecular weight excluding hydrogens is 389 g/mol. The second kappa shape index (κ2) is 7.77. The molecule has 1 fully saturated rings. The van der Waals surface area contributed by atoms with Gasteiger partial charge in [-0.25, -0.2) is 4.39 Å². The van der Waals surface area contributed by atoms with Gasteiger partial charge in [-0.2, -0.15) is 0 Å². The standard InChI is InChI=1S/C18H14FN3O5S/c1-10-14(19)6-12(7-15(10)22(26)27)17(24)20-13-4-2-11(3-5-13)8-21-16(23)9-28-18(21)25/h2-7H,8-9H2,1H3,(H,20,24). The number of amides is 3. The maximum absolute atomic E-state index is 13.9. The van der Waals surface area contributed by atoms with Crippen LogP contribution in [0, 0.1) is 22.9 Å². The number of carbonyl (C=O) groups excluding carboxylic acids is 3. The number of nitrogens with zero attached hydrogens (tertiary/aromatic N) is 2. The smallest absolute Gasteiger partial charge is 0.289 e. The monoisotopic (exact) mass is 403 g/mol. The third-order valence-corrected chi connectivity index (χ3v) is 5.03. The molecule has 1 aliphatic heterocycles. The number of nitro benzene ring substituents is 1. The zero-order valence-corrected chi connectivity index (χ0v) is 15.4. The number of hydrogen-bond donors (Lipinski definition) is 1. The van der Waals surface area contributed by atoms with Gasteiger partial charge in [-0.05, 0) is 30.7 Å². The zero-order valence-electron chi connectivity index (χ0n) is 14.6. The summed E-state index contributed by atoms with van der Waals surface area (Å²) < 4.78 is 13.9. The van der Waals surface area contributed by atoms with Crippen LogP contribution in [0.15, 0.2) is 36.4 Å². The Morgan fingerprint density at radius 1 is 1.29 bits per heavy atom. The molecule has 2 aromatic carbocycles. The molecule has 0 aromatic heterocycles. The van der Waals surface area contributed by atoms with E-state index in [1.54, 1.807) is 24.3 Å². The highest BCUT2D eigenvalue weighted by molar-refractivity contribution is 8.14. The molecule has 1 heterocycles. The Morgan fingerprint density at radius 2 is 1.96 bits per heavy atom. The second-order valence-corrected chi connectivity index (χ2v) is 6.97. The zero-order chi connectivity index (χ0) is 20.4. The van der Waals surface area contributed by atoms with E-state index >= 15 is 0 Å². The fourth-order valence-electron chi connectivity index (χ4n) is 2.60. The molecule has 0 bridgehead atoms. The van der Waals surface area contributed by atoms with Gasteiger partial charge in [-0.3, -0.25) is 29.4 Å². The van der Waals surface area contributed by atoms with Gasteiger partial charge in [-0.15, -0.1) is 0 Å². The summed E-state index contributed by atoms with van der Waals surface area (Å²) in [5, 5.41) is 13.2. The van der Waals surface area contributed by atoms with Crippen molar-refractivity contribution in [3.8, 4) is 0 Å². The minimum atomic E-state index is -0.840. The molecule has 3 rings (SSSR count). The molecule has 28 heavy (non-hydrogen) atoms. The van der Waals surface area contributed by atoms with Crippen molar-refractivity contribution in [2.75, 3.05) is 11.1 Å². The number of carbonyl (C=O) groups is 3. The SMILES string of the molecule is Cc1c(F)cc(C(=O)Nc2ccc(CN3C(=O)CSC3=O)cc2)cc1[N+](=O)[O-]. The predicted molar refractivity (Wildman–Crippen MR) is 101 cm³/mol. The maximum Gasteiger partial charge on any atom is 0.289 e. The van der Waals surface area contributed by atoms with Crippen LogP contribution in [0.5, 0.6) is 0 Å². The minimum Gasteiger partial charge on any atom is -0.322 e. The average Bonchev–Trinajstić information content (AvgIpc) is 2.97. The second-order valence-electron chi connectivity index (χ2n) is 6.04. The number of imide groups is 1. The van der Waals surface area contributed by atoms with E-state index in [-0.39, 0.29) is 34.6 Å². The predicted octanol–water partition coefficient (Wildman–Crippen LogP) is 3.49. The highest BCUT2D eigenvalue weighted by atomic mass is 32.2. The van der Waals surface area contributed by atoms with Crippen molar-refractivity contribution in [3.05, 3.63) is 69.0 Å². The lowest BCUT2D eigenvalue weighted by atomic mass is 10.1. The topological polar surface area (TPSA) is 110 Å². The van der Waals surface area contributed by atoms with Crippen molar-refractivity contribution in [3.63, 3.8) is 0 Å². The highest BCUT2D eigenvalue weighted by Crippen LogP contribution is 2.24. The van der Waals surface area contributed by atoms with E-state index in [1.807, 2.05) is 0 Å². The van der Waals surface area contributed by atoms with E-state index in [0.29, 0.717) is 11.3 Å². The molecule has 0 aliphatic carbocycles. The van der Waals surface area contributed by atoms with Gasteiger partial charge < -0.3 is 5.32 Å². The summed E-state index contributed by atoms with van der Waals surface area (Å²) in [6.45, 7) is 1.40. The normalized spacial score (nSPS) is 13.7. The van der Waals surface area contributed by atoms with Crippen molar-refractivity contribution < 1.29 is 23.7 Å². The number of nitro groups is 1. The largest absolute Gasteiger partial charge is 0.322 e. The molecule has 1 saturated heterocycles. The number of benzene rings is 2. The lowest BCUT2D eigenvalue weighted by Gasteiger charge is -2.13. The van der Waals surface area contributed by atoms with Crippen LogP contribution in [-0.2, 0) is 11.3 Å². The van der Waals surface area contributed by atoms with E-state index in [2.05, 4.69) is 5.32 Å². The highest BCUT2D eigenvalue weighted by Gasteiger charge is 2.29. The molecular formula is C18H14FN3O5S. The van der Waals surface area contributed by atoms with Gasteiger partial charge in [0.15, 0.2) is 0 Å². The van der Waals surface area contributed by atoms with Gasteiger partial charge in [0.2, 0.25) is 5.91 Å². The summed E-state index contributed by atoms with van der Waals surface area (Å²) in [6.07, 6.45) is 0. The van der Waals surface area contributed by atoms with Gasteiger partial charge in [0.1, 0.15) is 5.82 Å². The van der Waals surface area contributed by atoms with Crippen LogP contribution in [-0.4, -0.2) is 32.6 Å². The summed E-state index contributed by atoms with van der Waals surface area (Å²) >= 11 is 0.949. The third-order valence-electron chi connectivity index (χ3n) is 4.17. The molecule has 1 N–H and O–H groups in total. The molecule has 0 spiro atoms. The summed E-state index contributed by atoms with van der Waals surface area (Å²) in [5.74, 6) is -1.66. The van der Waals surface area contributed by atoms with Gasteiger partial charge >= 0.3 is 0 Å². The van der Waals surface area contributed by atoms with Crippen molar-refractivity contribution in [1.82, 2.24) is 4.90 Å². The Balaban J connectivity index is 1.72. The van der Waals surface area contributed by atoms with E-state index in [1.165, 1.54) is 6.92 Å². The summed E-state index contributed by atoms with van der Waals surface area (Å²) in [4.78, 5) is 46.9. The lowest BCUT2D eigenvalue weighted by Crippen LogP contribution is -2.27. The average molecular weight is 403 g/mol. The molecule has 10 heteroatoms. The fourth-order valence-corrected chi connectivity index (χ4v) is 3.32. The number of anilines is 1. The molecule has 8 nitrogen and oxygen atoms in total. The number of nitrogens with one attached hydrogen (secondary N) is 1. The van der Waals surface area contributed by atoms with Crippen LogP contribution < -0.4 is 5.32 Å². The van der Waals surface area contributed by atoms with Crippen LogP contribution in [0.4, 0.5) is 20.6 Å². The molecule has 2 aromatic rings. The third kappa shape index (κ3) is 4.01. The summed E-state index contributed by atoms with van der Waals surface area (Å²) in [7, 11) is 0. The first-order valence-electron chi connectivity index (χ1n) is 8.08. The number of rotatable bonds is 5. The first kappa shape index (κ1) is 19.5. The number of thioether (sulfide) groups is 1. The lowest BCUT2D eigenvalue weighted by molar-refractivity contribution is -0.385. The van der Waals surface area contributed by atoms with Crippen molar-refractivity contribution in [2.24, 2.45) is 0 Å². The Kier molecular flexibility index (Phi) is 5.41. The van der Waals surface area contributed by atoms with E-state index < -0.39 is 22.3 Å². The molecule has 144 valence electrons. The van der Waals surface area contributed by atoms with E-state index in [0.717, 1.165) is 28.8 Å². The van der Waals surface area contributed by atoms with Crippen LogP contribution in [0.25, 0.3) is 0 Å². The van der Waals surface area contributed by atoms with Crippen molar-refractivity contribution >= 4 is 40.2 Å². The molecule has 1 aliphatic rings. The number of halogens is 1. The Labute approximate surface area is 162 Å². The molecule has 0 saturated carbocycles. The Bertz CT molecular complexity index is 977. The van der Waals surface area contributed by atoms with Gasteiger partial charge in [0.25, 0.3) is 16.8 Å². The van der Waals surface area contributed by atoms with Gasteiger partial charge in [0.05, 0.1) is 22.8 Å². The molecule has 0 unspecified atom stereocenters. The first-order chi connectivity index (χ1) is 13.3. The van der Waals surface area contributed by atoms with E-state index in [9.17, 15) is 28.9 Å². The van der Waals surface area contributed by atoms with E-state index in [4.69, 9.17) is 0 Å². The number of hydrogen-bond acceptors (Lipinski definition) is 6. The fraction of sp³-hybridized carbons (Fsp3) is 0.167. The maximum atomic E-state index is 13.9. The molecule has 0 atom stereocenters. The van der Waals surface area contributed by atoms with Gasteiger partial charge in [0, 0.05) is 17.3 Å². The molecule has 0 radical (unpaired) electrons. The Morgan fingerprint density at radius 3 is 2.54 bits per heavy atom. The minimum absolute atomic E-state index is 0.131. The van der Waals surface area contributed by atoms with Crippen LogP contribution in [0.1, 0.15) is 21.5 Å². The van der Waals surface area contributed by atoms with Gasteiger partial charge in [-0.1, -0.05) is 23.9 Å². The van der Waals surface area contributed by atoms with Crippen molar-refractivity contribution in [1.29, 1.82) is 0 Å². The Hall–Kier alpha value is -3.27. The molecule has 3 amide bonds. The quantitative estimate of drug-likeness (QED) is 0.605.